The molecule has 1 aromatic rings. The van der Waals surface area contributed by atoms with Crippen molar-refractivity contribution in [3.05, 3.63) is 17.9 Å². The first-order valence-corrected chi connectivity index (χ1v) is 6.53. The van der Waals surface area contributed by atoms with Gasteiger partial charge in [0, 0.05) is 5.54 Å². The number of aldehydes is 1. The maximum Gasteiger partial charge on any atom is 0.274 e. The lowest BCUT2D eigenvalue weighted by Gasteiger charge is -2.38. The molecule has 1 heterocycles. The van der Waals surface area contributed by atoms with Gasteiger partial charge in [0.15, 0.2) is 12.0 Å². The van der Waals surface area contributed by atoms with E-state index in [1.165, 1.54) is 12.1 Å². The molecule has 1 aliphatic rings. The summed E-state index contributed by atoms with van der Waals surface area (Å²) in [7, 11) is -3.64. The molecule has 1 N–H and O–H groups in total. The molecule has 16 heavy (non-hydrogen) atoms. The van der Waals surface area contributed by atoms with Gasteiger partial charge in [-0.1, -0.05) is 0 Å². The van der Waals surface area contributed by atoms with Gasteiger partial charge in [0.1, 0.15) is 0 Å². The number of carbonyl (C=O) groups is 1. The Morgan fingerprint density at radius 2 is 2.12 bits per heavy atom. The molecular formula is C10H13NO4S. The molecule has 0 radical (unpaired) electrons. The van der Waals surface area contributed by atoms with Crippen LogP contribution in [0.1, 0.15) is 36.7 Å². The summed E-state index contributed by atoms with van der Waals surface area (Å²) >= 11 is 0. The summed E-state index contributed by atoms with van der Waals surface area (Å²) in [5, 5.41) is -0.206. The Bertz CT molecular complexity index is 499. The van der Waals surface area contributed by atoms with Crippen LogP contribution in [0.15, 0.2) is 21.6 Å². The number of furan rings is 1. The van der Waals surface area contributed by atoms with E-state index >= 15 is 0 Å². The van der Waals surface area contributed by atoms with Crippen LogP contribution in [0.3, 0.4) is 0 Å². The predicted molar refractivity (Wildman–Crippen MR) is 56.7 cm³/mol. The van der Waals surface area contributed by atoms with Gasteiger partial charge in [-0.25, -0.2) is 13.1 Å². The van der Waals surface area contributed by atoms with E-state index in [0.717, 1.165) is 19.3 Å². The van der Waals surface area contributed by atoms with Gasteiger partial charge in [-0.2, -0.15) is 0 Å². The van der Waals surface area contributed by atoms with Gasteiger partial charge in [0.25, 0.3) is 10.0 Å². The van der Waals surface area contributed by atoms with Gasteiger partial charge in [0.2, 0.25) is 5.09 Å². The Morgan fingerprint density at radius 1 is 1.44 bits per heavy atom. The van der Waals surface area contributed by atoms with Crippen LogP contribution in [-0.2, 0) is 10.0 Å². The van der Waals surface area contributed by atoms with Crippen LogP contribution in [0, 0.1) is 0 Å². The number of hydrogen-bond acceptors (Lipinski definition) is 4. The molecule has 1 aliphatic carbocycles. The van der Waals surface area contributed by atoms with E-state index in [9.17, 15) is 13.2 Å². The third kappa shape index (κ3) is 2.03. The maximum atomic E-state index is 11.8. The second-order valence-corrected chi connectivity index (χ2v) is 5.91. The number of rotatable bonds is 4. The van der Waals surface area contributed by atoms with Crippen molar-refractivity contribution < 1.29 is 17.6 Å². The van der Waals surface area contributed by atoms with Gasteiger partial charge in [-0.15, -0.1) is 0 Å². The Morgan fingerprint density at radius 3 is 2.56 bits per heavy atom. The molecule has 5 nitrogen and oxygen atoms in total. The summed E-state index contributed by atoms with van der Waals surface area (Å²) in [6.07, 6.45) is 3.15. The summed E-state index contributed by atoms with van der Waals surface area (Å²) < 4.78 is 31.2. The fraction of sp³-hybridized carbons (Fsp3) is 0.500. The summed E-state index contributed by atoms with van der Waals surface area (Å²) in [5.74, 6) is 0.0131. The summed E-state index contributed by atoms with van der Waals surface area (Å²) in [6.45, 7) is 1.86. The van der Waals surface area contributed by atoms with Crippen molar-refractivity contribution in [2.45, 2.75) is 36.8 Å². The number of carbonyl (C=O) groups excluding carboxylic acids is 1. The Kier molecular flexibility index (Phi) is 2.63. The number of sulfonamides is 1. The highest BCUT2D eigenvalue weighted by atomic mass is 32.2. The molecule has 1 saturated carbocycles. The lowest BCUT2D eigenvalue weighted by molar-refractivity contribution is 0.109. The smallest absolute Gasteiger partial charge is 0.274 e. The third-order valence-corrected chi connectivity index (χ3v) is 4.33. The number of nitrogens with one attached hydrogen (secondary N) is 1. The molecule has 0 aliphatic heterocycles. The standard InChI is InChI=1S/C10H13NO4S/c1-10(5-2-6-10)11-16(13,14)9-4-3-8(7-12)15-9/h3-4,7,11H,2,5-6H2,1H3. The minimum absolute atomic E-state index is 0.0131. The maximum absolute atomic E-state index is 11.8. The van der Waals surface area contributed by atoms with Crippen molar-refractivity contribution in [3.8, 4) is 0 Å². The van der Waals surface area contributed by atoms with Crippen molar-refractivity contribution in [2.24, 2.45) is 0 Å². The van der Waals surface area contributed by atoms with E-state index in [1.807, 2.05) is 6.92 Å². The Labute approximate surface area is 93.9 Å². The van der Waals surface area contributed by atoms with Crippen LogP contribution in [0.4, 0.5) is 0 Å². The highest BCUT2D eigenvalue weighted by molar-refractivity contribution is 7.89. The Hall–Kier alpha value is -1.14. The third-order valence-electron chi connectivity index (χ3n) is 2.82. The molecule has 0 spiro atoms. The van der Waals surface area contributed by atoms with Gasteiger partial charge in [-0.3, -0.25) is 4.79 Å². The van der Waals surface area contributed by atoms with Crippen molar-refractivity contribution in [3.63, 3.8) is 0 Å². The van der Waals surface area contributed by atoms with E-state index in [2.05, 4.69) is 4.72 Å². The van der Waals surface area contributed by atoms with Crippen molar-refractivity contribution >= 4 is 16.3 Å². The first-order valence-electron chi connectivity index (χ1n) is 5.04. The SMILES string of the molecule is CC1(NS(=O)(=O)c2ccc(C=O)o2)CCC1. The zero-order valence-corrected chi connectivity index (χ0v) is 9.71. The van der Waals surface area contributed by atoms with Crippen molar-refractivity contribution in [1.82, 2.24) is 4.72 Å². The van der Waals surface area contributed by atoms with Gasteiger partial charge >= 0.3 is 0 Å². The summed E-state index contributed by atoms with van der Waals surface area (Å²) in [6, 6.07) is 2.62. The first kappa shape index (κ1) is 11.3. The largest absolute Gasteiger partial charge is 0.440 e. The van der Waals surface area contributed by atoms with E-state index in [1.54, 1.807) is 0 Å². The zero-order valence-electron chi connectivity index (χ0n) is 8.89. The van der Waals surface area contributed by atoms with Crippen LogP contribution in [-0.4, -0.2) is 20.2 Å². The van der Waals surface area contributed by atoms with E-state index in [-0.39, 0.29) is 16.4 Å². The van der Waals surface area contributed by atoms with E-state index in [4.69, 9.17) is 4.42 Å². The zero-order chi connectivity index (χ0) is 11.8. The topological polar surface area (TPSA) is 76.4 Å². The quantitative estimate of drug-likeness (QED) is 0.809. The summed E-state index contributed by atoms with van der Waals surface area (Å²) in [4.78, 5) is 10.4. The fourth-order valence-electron chi connectivity index (χ4n) is 1.73. The van der Waals surface area contributed by atoms with Crippen LogP contribution in [0.2, 0.25) is 0 Å². The van der Waals surface area contributed by atoms with Crippen LogP contribution >= 0.6 is 0 Å². The van der Waals surface area contributed by atoms with Crippen LogP contribution in [0.5, 0.6) is 0 Å². The molecule has 88 valence electrons. The molecule has 0 amide bonds. The fourth-order valence-corrected chi connectivity index (χ4v) is 3.13. The van der Waals surface area contributed by atoms with Crippen LogP contribution in [0.25, 0.3) is 0 Å². The summed E-state index contributed by atoms with van der Waals surface area (Å²) in [5.41, 5.74) is -0.368. The van der Waals surface area contributed by atoms with Gasteiger partial charge < -0.3 is 4.42 Å². The normalized spacial score (nSPS) is 19.1. The molecule has 0 atom stereocenters. The predicted octanol–water partition coefficient (Wildman–Crippen LogP) is 1.31. The van der Waals surface area contributed by atoms with E-state index < -0.39 is 10.0 Å². The molecule has 1 fully saturated rings. The van der Waals surface area contributed by atoms with E-state index in [0.29, 0.717) is 6.29 Å². The Balaban J connectivity index is 2.21. The monoisotopic (exact) mass is 243 g/mol. The lowest BCUT2D eigenvalue weighted by atomic mass is 9.80. The van der Waals surface area contributed by atoms with Gasteiger partial charge in [0.05, 0.1) is 0 Å². The molecule has 0 aromatic carbocycles. The minimum atomic E-state index is -3.64. The lowest BCUT2D eigenvalue weighted by Crippen LogP contribution is -2.50. The molecular weight excluding hydrogens is 230 g/mol. The average Bonchev–Trinajstić information content (AvgIpc) is 2.63. The van der Waals surface area contributed by atoms with Crippen molar-refractivity contribution in [1.29, 1.82) is 0 Å². The molecule has 2 rings (SSSR count). The van der Waals surface area contributed by atoms with Gasteiger partial charge in [-0.05, 0) is 38.3 Å². The molecule has 0 bridgehead atoms. The molecule has 6 heteroatoms. The molecule has 0 saturated heterocycles. The second-order valence-electron chi connectivity index (χ2n) is 4.29. The highest BCUT2D eigenvalue weighted by Gasteiger charge is 2.37. The highest BCUT2D eigenvalue weighted by Crippen LogP contribution is 2.32. The van der Waals surface area contributed by atoms with Crippen LogP contribution < -0.4 is 4.72 Å². The number of hydrogen-bond donors (Lipinski definition) is 1. The average molecular weight is 243 g/mol. The molecule has 0 unspecified atom stereocenters. The first-order chi connectivity index (χ1) is 7.45. The van der Waals surface area contributed by atoms with Crippen molar-refractivity contribution in [2.75, 3.05) is 0 Å². The minimum Gasteiger partial charge on any atom is -0.440 e. The molecule has 1 aromatic heterocycles. The second kappa shape index (κ2) is 3.71.